The summed E-state index contributed by atoms with van der Waals surface area (Å²) in [5.74, 6) is -1.72. The van der Waals surface area contributed by atoms with Crippen LogP contribution < -0.4 is 14.8 Å². The van der Waals surface area contributed by atoms with Crippen molar-refractivity contribution in [3.63, 3.8) is 0 Å². The van der Waals surface area contributed by atoms with E-state index in [0.29, 0.717) is 6.07 Å². The quantitative estimate of drug-likeness (QED) is 0.772. The lowest BCUT2D eigenvalue weighted by atomic mass is 10.2. The van der Waals surface area contributed by atoms with Gasteiger partial charge in [-0.15, -0.1) is 13.2 Å². The molecular formula is C16H11F6NO3. The van der Waals surface area contributed by atoms with Crippen molar-refractivity contribution in [1.82, 2.24) is 0 Å². The van der Waals surface area contributed by atoms with Gasteiger partial charge in [-0.1, -0.05) is 18.2 Å². The van der Waals surface area contributed by atoms with Crippen molar-refractivity contribution in [2.45, 2.75) is 12.5 Å². The molecule has 140 valence electrons. The van der Waals surface area contributed by atoms with E-state index in [1.54, 1.807) is 0 Å². The van der Waals surface area contributed by atoms with Crippen LogP contribution in [-0.4, -0.2) is 18.9 Å². The highest BCUT2D eigenvalue weighted by Crippen LogP contribution is 2.32. The molecule has 2 rings (SSSR count). The first kappa shape index (κ1) is 19.4. The minimum absolute atomic E-state index is 0.213. The number of amides is 1. The molecule has 0 heterocycles. The van der Waals surface area contributed by atoms with Gasteiger partial charge in [-0.3, -0.25) is 4.79 Å². The third-order valence-corrected chi connectivity index (χ3v) is 2.92. The fourth-order valence-electron chi connectivity index (χ4n) is 1.88. The van der Waals surface area contributed by atoms with Crippen LogP contribution in [0.5, 0.6) is 11.5 Å². The summed E-state index contributed by atoms with van der Waals surface area (Å²) >= 11 is 0. The van der Waals surface area contributed by atoms with E-state index in [2.05, 4.69) is 10.1 Å². The van der Waals surface area contributed by atoms with Crippen LogP contribution in [0.1, 0.15) is 5.56 Å². The zero-order valence-corrected chi connectivity index (χ0v) is 12.8. The Bertz CT molecular complexity index is 773. The summed E-state index contributed by atoms with van der Waals surface area (Å²) < 4.78 is 83.4. The van der Waals surface area contributed by atoms with E-state index in [1.807, 2.05) is 0 Å². The molecule has 0 aliphatic rings. The standard InChI is InChI=1S/C16H11F6NO3/c17-15(18,19)10-4-3-5-11(8-10)25-9-14(24)23-12-6-1-2-7-13(12)26-16(20,21)22/h1-8H,9H2,(H,23,24). The van der Waals surface area contributed by atoms with Crippen molar-refractivity contribution in [2.75, 3.05) is 11.9 Å². The molecule has 4 nitrogen and oxygen atoms in total. The third kappa shape index (κ3) is 5.87. The van der Waals surface area contributed by atoms with Gasteiger partial charge in [-0.2, -0.15) is 13.2 Å². The molecule has 0 radical (unpaired) electrons. The van der Waals surface area contributed by atoms with Crippen LogP contribution in [0, 0.1) is 0 Å². The van der Waals surface area contributed by atoms with E-state index in [0.717, 1.165) is 18.2 Å². The highest BCUT2D eigenvalue weighted by molar-refractivity contribution is 5.93. The third-order valence-electron chi connectivity index (χ3n) is 2.92. The smallest absolute Gasteiger partial charge is 0.484 e. The number of rotatable bonds is 5. The first-order valence-electron chi connectivity index (χ1n) is 6.99. The Morgan fingerprint density at radius 1 is 0.962 bits per heavy atom. The molecule has 0 aromatic heterocycles. The average Bonchev–Trinajstić information content (AvgIpc) is 2.53. The number of ether oxygens (including phenoxy) is 2. The molecule has 0 bridgehead atoms. The van der Waals surface area contributed by atoms with Gasteiger partial charge >= 0.3 is 12.5 Å². The zero-order valence-electron chi connectivity index (χ0n) is 12.8. The van der Waals surface area contributed by atoms with Crippen molar-refractivity contribution >= 4 is 11.6 Å². The molecule has 0 fully saturated rings. The minimum atomic E-state index is -4.95. The second-order valence-electron chi connectivity index (χ2n) is 4.91. The fourth-order valence-corrected chi connectivity index (χ4v) is 1.88. The lowest BCUT2D eigenvalue weighted by Crippen LogP contribution is -2.22. The molecule has 1 N–H and O–H groups in total. The Hall–Kier alpha value is -2.91. The number of halogens is 6. The first-order valence-corrected chi connectivity index (χ1v) is 6.99. The normalized spacial score (nSPS) is 11.8. The van der Waals surface area contributed by atoms with Crippen LogP contribution in [0.25, 0.3) is 0 Å². The van der Waals surface area contributed by atoms with E-state index < -0.39 is 36.4 Å². The van der Waals surface area contributed by atoms with E-state index >= 15 is 0 Å². The molecule has 0 spiro atoms. The maximum Gasteiger partial charge on any atom is 0.573 e. The fraction of sp³-hybridized carbons (Fsp3) is 0.188. The van der Waals surface area contributed by atoms with Gasteiger partial charge in [-0.25, -0.2) is 0 Å². The van der Waals surface area contributed by atoms with Crippen LogP contribution in [-0.2, 0) is 11.0 Å². The van der Waals surface area contributed by atoms with Gasteiger partial charge in [0.2, 0.25) is 0 Å². The molecule has 0 atom stereocenters. The van der Waals surface area contributed by atoms with Gasteiger partial charge in [0.05, 0.1) is 11.3 Å². The van der Waals surface area contributed by atoms with Crippen molar-refractivity contribution in [2.24, 2.45) is 0 Å². The van der Waals surface area contributed by atoms with E-state index in [9.17, 15) is 31.1 Å². The Morgan fingerprint density at radius 3 is 2.31 bits per heavy atom. The maximum absolute atomic E-state index is 12.6. The largest absolute Gasteiger partial charge is 0.573 e. The number of carbonyl (C=O) groups is 1. The molecule has 10 heteroatoms. The monoisotopic (exact) mass is 379 g/mol. The molecule has 2 aromatic carbocycles. The summed E-state index contributed by atoms with van der Waals surface area (Å²) in [5, 5.41) is 2.14. The molecule has 0 saturated carbocycles. The number of hydrogen-bond donors (Lipinski definition) is 1. The van der Waals surface area contributed by atoms with Gasteiger partial charge in [-0.05, 0) is 30.3 Å². The minimum Gasteiger partial charge on any atom is -0.484 e. The van der Waals surface area contributed by atoms with Crippen LogP contribution in [0.4, 0.5) is 32.0 Å². The number of anilines is 1. The van der Waals surface area contributed by atoms with E-state index in [-0.39, 0.29) is 11.4 Å². The summed E-state index contributed by atoms with van der Waals surface area (Å²) in [6.45, 7) is -0.707. The van der Waals surface area contributed by atoms with Crippen LogP contribution in [0.15, 0.2) is 48.5 Å². The summed E-state index contributed by atoms with van der Waals surface area (Å²) in [7, 11) is 0. The predicted molar refractivity (Wildman–Crippen MR) is 78.7 cm³/mol. The predicted octanol–water partition coefficient (Wildman–Crippen LogP) is 4.62. The number of hydrogen-bond acceptors (Lipinski definition) is 3. The maximum atomic E-state index is 12.6. The number of para-hydroxylation sites is 2. The molecule has 0 saturated heterocycles. The van der Waals surface area contributed by atoms with Gasteiger partial charge in [0.25, 0.3) is 5.91 Å². The summed E-state index contributed by atoms with van der Waals surface area (Å²) in [5.41, 5.74) is -1.22. The van der Waals surface area contributed by atoms with Gasteiger partial charge in [0, 0.05) is 0 Å². The Balaban J connectivity index is 2.00. The molecular weight excluding hydrogens is 368 g/mol. The van der Waals surface area contributed by atoms with E-state index in [4.69, 9.17) is 4.74 Å². The number of benzene rings is 2. The molecule has 0 aliphatic heterocycles. The second kappa shape index (κ2) is 7.54. The highest BCUT2D eigenvalue weighted by atomic mass is 19.4. The molecule has 1 amide bonds. The van der Waals surface area contributed by atoms with Gasteiger partial charge in [0.15, 0.2) is 12.4 Å². The molecule has 0 unspecified atom stereocenters. The average molecular weight is 379 g/mol. The van der Waals surface area contributed by atoms with E-state index in [1.165, 1.54) is 24.3 Å². The van der Waals surface area contributed by atoms with Crippen molar-refractivity contribution in [3.05, 3.63) is 54.1 Å². The second-order valence-corrected chi connectivity index (χ2v) is 4.91. The number of nitrogens with one attached hydrogen (secondary N) is 1. The topological polar surface area (TPSA) is 47.6 Å². The van der Waals surface area contributed by atoms with Crippen molar-refractivity contribution in [1.29, 1.82) is 0 Å². The number of carbonyl (C=O) groups excluding carboxylic acids is 1. The Kier molecular flexibility index (Phi) is 5.63. The summed E-state index contributed by atoms with van der Waals surface area (Å²) in [6.07, 6.45) is -9.52. The van der Waals surface area contributed by atoms with Crippen molar-refractivity contribution in [3.8, 4) is 11.5 Å². The van der Waals surface area contributed by atoms with Crippen molar-refractivity contribution < 1.29 is 40.6 Å². The zero-order chi connectivity index (χ0) is 19.4. The van der Waals surface area contributed by atoms with Crippen LogP contribution in [0.2, 0.25) is 0 Å². The number of alkyl halides is 6. The molecule has 2 aromatic rings. The van der Waals surface area contributed by atoms with Crippen LogP contribution in [0.3, 0.4) is 0 Å². The summed E-state index contributed by atoms with van der Waals surface area (Å²) in [6, 6.07) is 8.65. The van der Waals surface area contributed by atoms with Gasteiger partial charge < -0.3 is 14.8 Å². The highest BCUT2D eigenvalue weighted by Gasteiger charge is 2.32. The van der Waals surface area contributed by atoms with Gasteiger partial charge in [0.1, 0.15) is 5.75 Å². The lowest BCUT2D eigenvalue weighted by Gasteiger charge is -2.14. The Labute approximate surface area is 143 Å². The molecule has 26 heavy (non-hydrogen) atoms. The summed E-state index contributed by atoms with van der Waals surface area (Å²) in [4.78, 5) is 11.8. The Morgan fingerprint density at radius 2 is 1.65 bits per heavy atom. The first-order chi connectivity index (χ1) is 12.0. The molecule has 0 aliphatic carbocycles. The lowest BCUT2D eigenvalue weighted by molar-refractivity contribution is -0.274. The van der Waals surface area contributed by atoms with Crippen LogP contribution >= 0.6 is 0 Å². The SMILES string of the molecule is O=C(COc1cccc(C(F)(F)F)c1)Nc1ccccc1OC(F)(F)F.